The number of nitrogens with zero attached hydrogens (tertiary/aromatic N) is 3. The highest BCUT2D eigenvalue weighted by atomic mass is 35.5. The maximum absolute atomic E-state index is 13.7. The Labute approximate surface area is 164 Å². The zero-order valence-electron chi connectivity index (χ0n) is 14.0. The Morgan fingerprint density at radius 3 is 2.70 bits per heavy atom. The first-order valence-electron chi connectivity index (χ1n) is 7.74. The van der Waals surface area contributed by atoms with E-state index in [4.69, 9.17) is 16.3 Å². The van der Waals surface area contributed by atoms with Gasteiger partial charge in [0.25, 0.3) is 0 Å². The van der Waals surface area contributed by atoms with Gasteiger partial charge in [-0.25, -0.2) is 12.8 Å². The number of hydrogen-bond donors (Lipinski definition) is 1. The Bertz CT molecular complexity index is 1050. The smallest absolute Gasteiger partial charge is 0.211 e. The number of rotatable bonds is 7. The van der Waals surface area contributed by atoms with Crippen molar-refractivity contribution in [2.45, 2.75) is 28.2 Å². The molecule has 0 amide bonds. The Morgan fingerprint density at radius 1 is 1.22 bits per heavy atom. The van der Waals surface area contributed by atoms with Crippen LogP contribution in [0.4, 0.5) is 4.39 Å². The highest BCUT2D eigenvalue weighted by Gasteiger charge is 2.16. The first-order valence-corrected chi connectivity index (χ1v) is 10.6. The van der Waals surface area contributed by atoms with E-state index in [1.54, 1.807) is 13.0 Å². The molecule has 0 atom stereocenters. The number of nitrogens with one attached hydrogen (secondary N) is 1. The number of sulfone groups is 1. The van der Waals surface area contributed by atoms with Crippen molar-refractivity contribution in [3.8, 4) is 5.75 Å². The fourth-order valence-corrected chi connectivity index (χ4v) is 4.31. The second-order valence-electron chi connectivity index (χ2n) is 5.31. The van der Waals surface area contributed by atoms with E-state index >= 15 is 0 Å². The molecule has 1 heterocycles. The molecule has 0 radical (unpaired) electrons. The Kier molecular flexibility index (Phi) is 5.98. The SMILES string of the molecule is CCS(=O)(=O)c1ccc(Sc2cc(F)ccc2OCc2nn[nH]n2)c(Cl)c1. The van der Waals surface area contributed by atoms with Crippen LogP contribution in [0.5, 0.6) is 5.75 Å². The molecule has 27 heavy (non-hydrogen) atoms. The molecule has 3 aromatic rings. The number of halogens is 2. The van der Waals surface area contributed by atoms with Crippen LogP contribution in [-0.2, 0) is 16.4 Å². The predicted molar refractivity (Wildman–Crippen MR) is 98.2 cm³/mol. The van der Waals surface area contributed by atoms with Gasteiger partial charge in [-0.15, -0.1) is 10.2 Å². The summed E-state index contributed by atoms with van der Waals surface area (Å²) in [6, 6.07) is 8.52. The van der Waals surface area contributed by atoms with Crippen molar-refractivity contribution in [2.75, 3.05) is 5.75 Å². The quantitative estimate of drug-likeness (QED) is 0.614. The minimum Gasteiger partial charge on any atom is -0.484 e. The molecular formula is C16H14ClFN4O3S2. The normalized spacial score (nSPS) is 11.5. The minimum absolute atomic E-state index is 0.0201. The van der Waals surface area contributed by atoms with E-state index in [1.165, 1.54) is 30.3 Å². The lowest BCUT2D eigenvalue weighted by Crippen LogP contribution is -2.03. The van der Waals surface area contributed by atoms with Crippen LogP contribution in [0.15, 0.2) is 51.1 Å². The zero-order chi connectivity index (χ0) is 19.4. The predicted octanol–water partition coefficient (Wildman–Crippen LogP) is 3.52. The Hall–Kier alpha value is -2.17. The lowest BCUT2D eigenvalue weighted by molar-refractivity contribution is 0.288. The third-order valence-electron chi connectivity index (χ3n) is 3.51. The van der Waals surface area contributed by atoms with Crippen LogP contribution < -0.4 is 4.74 Å². The van der Waals surface area contributed by atoms with Gasteiger partial charge in [0.15, 0.2) is 16.4 Å². The van der Waals surface area contributed by atoms with Gasteiger partial charge in [-0.05, 0) is 36.4 Å². The summed E-state index contributed by atoms with van der Waals surface area (Å²) in [5.74, 6) is 0.300. The maximum Gasteiger partial charge on any atom is 0.211 e. The molecule has 0 aliphatic heterocycles. The van der Waals surface area contributed by atoms with E-state index in [9.17, 15) is 12.8 Å². The Morgan fingerprint density at radius 2 is 2.04 bits per heavy atom. The second-order valence-corrected chi connectivity index (χ2v) is 9.07. The molecule has 1 N–H and O–H groups in total. The Balaban J connectivity index is 1.85. The van der Waals surface area contributed by atoms with Crippen LogP contribution in [0, 0.1) is 5.82 Å². The summed E-state index contributed by atoms with van der Waals surface area (Å²) < 4.78 is 43.3. The van der Waals surface area contributed by atoms with Gasteiger partial charge in [-0.1, -0.05) is 35.5 Å². The largest absolute Gasteiger partial charge is 0.484 e. The fourth-order valence-electron chi connectivity index (χ4n) is 2.11. The standard InChI is InChI=1S/C16H14ClFN4O3S2/c1-2-27(23,24)11-4-6-14(12(17)8-11)26-15-7-10(18)3-5-13(15)25-9-16-19-21-22-20-16/h3-8H,2,9H2,1H3,(H,19,20,21,22). The van der Waals surface area contributed by atoms with E-state index in [-0.39, 0.29) is 22.3 Å². The number of ether oxygens (including phenoxy) is 1. The molecule has 2 aromatic carbocycles. The number of aromatic nitrogens is 4. The van der Waals surface area contributed by atoms with Gasteiger partial charge in [0, 0.05) is 4.90 Å². The molecule has 0 saturated heterocycles. The third-order valence-corrected chi connectivity index (χ3v) is 6.79. The van der Waals surface area contributed by atoms with Crippen LogP contribution in [0.3, 0.4) is 0 Å². The van der Waals surface area contributed by atoms with Gasteiger partial charge in [-0.2, -0.15) is 5.21 Å². The number of aromatic amines is 1. The molecule has 0 fully saturated rings. The zero-order valence-corrected chi connectivity index (χ0v) is 16.4. The topological polar surface area (TPSA) is 97.8 Å². The van der Waals surface area contributed by atoms with Gasteiger partial charge in [0.05, 0.1) is 20.6 Å². The molecule has 0 bridgehead atoms. The van der Waals surface area contributed by atoms with Crippen LogP contribution in [0.25, 0.3) is 0 Å². The average Bonchev–Trinajstić information content (AvgIpc) is 3.16. The lowest BCUT2D eigenvalue weighted by atomic mass is 10.3. The van der Waals surface area contributed by atoms with E-state index < -0.39 is 15.7 Å². The van der Waals surface area contributed by atoms with Crippen LogP contribution in [0.2, 0.25) is 5.02 Å². The molecule has 142 valence electrons. The molecule has 11 heteroatoms. The summed E-state index contributed by atoms with van der Waals surface area (Å²) in [4.78, 5) is 1.19. The highest BCUT2D eigenvalue weighted by Crippen LogP contribution is 2.39. The molecule has 1 aromatic heterocycles. The van der Waals surface area contributed by atoms with Crippen molar-refractivity contribution in [1.29, 1.82) is 0 Å². The first-order chi connectivity index (χ1) is 12.9. The average molecular weight is 429 g/mol. The second kappa shape index (κ2) is 8.24. The van der Waals surface area contributed by atoms with Crippen LogP contribution in [-0.4, -0.2) is 34.8 Å². The van der Waals surface area contributed by atoms with Gasteiger partial charge in [0.1, 0.15) is 11.6 Å². The van der Waals surface area contributed by atoms with E-state index in [1.807, 2.05) is 0 Å². The van der Waals surface area contributed by atoms with Crippen molar-refractivity contribution in [3.05, 3.63) is 53.1 Å². The summed E-state index contributed by atoms with van der Waals surface area (Å²) in [6.45, 7) is 1.61. The van der Waals surface area contributed by atoms with Crippen molar-refractivity contribution >= 4 is 33.2 Å². The molecule has 0 saturated carbocycles. The lowest BCUT2D eigenvalue weighted by Gasteiger charge is -2.12. The molecule has 7 nitrogen and oxygen atoms in total. The van der Waals surface area contributed by atoms with Crippen molar-refractivity contribution in [2.24, 2.45) is 0 Å². The maximum atomic E-state index is 13.7. The summed E-state index contributed by atoms with van der Waals surface area (Å²) >= 11 is 7.40. The summed E-state index contributed by atoms with van der Waals surface area (Å²) in [5.41, 5.74) is 0. The van der Waals surface area contributed by atoms with Crippen molar-refractivity contribution in [1.82, 2.24) is 20.6 Å². The van der Waals surface area contributed by atoms with Gasteiger partial charge in [0.2, 0.25) is 5.82 Å². The first kappa shape index (κ1) is 19.6. The third kappa shape index (κ3) is 4.76. The monoisotopic (exact) mass is 428 g/mol. The van der Waals surface area contributed by atoms with Gasteiger partial charge in [-0.3, -0.25) is 0 Å². The van der Waals surface area contributed by atoms with Gasteiger partial charge >= 0.3 is 0 Å². The number of tetrazole rings is 1. The summed E-state index contributed by atoms with van der Waals surface area (Å²) in [7, 11) is -3.36. The van der Waals surface area contributed by atoms with Crippen LogP contribution in [0.1, 0.15) is 12.7 Å². The molecule has 0 spiro atoms. The number of hydrogen-bond acceptors (Lipinski definition) is 7. The van der Waals surface area contributed by atoms with Crippen molar-refractivity contribution < 1.29 is 17.5 Å². The number of benzene rings is 2. The summed E-state index contributed by atoms with van der Waals surface area (Å²) in [5, 5.41) is 13.6. The van der Waals surface area contributed by atoms with E-state index in [2.05, 4.69) is 20.6 Å². The van der Waals surface area contributed by atoms with E-state index in [0.717, 1.165) is 11.8 Å². The molecular weight excluding hydrogens is 415 g/mol. The minimum atomic E-state index is -3.36. The van der Waals surface area contributed by atoms with E-state index in [0.29, 0.717) is 21.4 Å². The fraction of sp³-hybridized carbons (Fsp3) is 0.188. The highest BCUT2D eigenvalue weighted by molar-refractivity contribution is 7.99. The van der Waals surface area contributed by atoms with Gasteiger partial charge < -0.3 is 4.74 Å². The van der Waals surface area contributed by atoms with Crippen molar-refractivity contribution in [3.63, 3.8) is 0 Å². The van der Waals surface area contributed by atoms with Crippen LogP contribution >= 0.6 is 23.4 Å². The molecule has 0 aliphatic rings. The molecule has 3 rings (SSSR count). The summed E-state index contributed by atoms with van der Waals surface area (Å²) in [6.07, 6.45) is 0. The number of H-pyrrole nitrogens is 1. The molecule has 0 unspecified atom stereocenters. The molecule has 0 aliphatic carbocycles.